The molecule has 1 atom stereocenters. The summed E-state index contributed by atoms with van der Waals surface area (Å²) < 4.78 is 53.2. The largest absolute Gasteiger partial charge is 0.491 e. The Hall–Kier alpha value is -4.17. The zero-order valence-electron chi connectivity index (χ0n) is 22.9. The maximum absolute atomic E-state index is 14.6. The summed E-state index contributed by atoms with van der Waals surface area (Å²) in [7, 11) is -0.660. The first kappa shape index (κ1) is 30.3. The molecule has 2 heterocycles. The predicted octanol–water partition coefficient (Wildman–Crippen LogP) is 0.0397. The molecule has 2 aliphatic rings. The molecule has 15 heteroatoms. The van der Waals surface area contributed by atoms with Gasteiger partial charge in [-0.2, -0.15) is 0 Å². The Morgan fingerprint density at radius 3 is 2.49 bits per heavy atom. The molecule has 0 saturated carbocycles. The molecule has 10 nitrogen and oxygen atoms in total. The van der Waals surface area contributed by atoms with E-state index in [-0.39, 0.29) is 37.1 Å². The van der Waals surface area contributed by atoms with Gasteiger partial charge in [-0.15, -0.1) is 0 Å². The number of halogens is 3. The quantitative estimate of drug-likeness (QED) is 0.112. The van der Waals surface area contributed by atoms with Gasteiger partial charge >= 0.3 is 14.6 Å². The minimum Gasteiger partial charge on any atom is -0.430 e. The summed E-state index contributed by atoms with van der Waals surface area (Å²) in [5.41, 5.74) is 4.93. The fourth-order valence-corrected chi connectivity index (χ4v) is 5.12. The number of nitrogens with one attached hydrogen (secondary N) is 2. The van der Waals surface area contributed by atoms with Crippen LogP contribution in [0.2, 0.25) is 0 Å². The maximum Gasteiger partial charge on any atom is 0.491 e. The van der Waals surface area contributed by atoms with Gasteiger partial charge in [0.2, 0.25) is 0 Å². The number of rotatable bonds is 10. The molecule has 5 rings (SSSR count). The van der Waals surface area contributed by atoms with Crippen molar-refractivity contribution in [2.45, 2.75) is 38.6 Å². The Morgan fingerprint density at radius 1 is 1.02 bits per heavy atom. The van der Waals surface area contributed by atoms with Crippen LogP contribution < -0.4 is 27.5 Å². The summed E-state index contributed by atoms with van der Waals surface area (Å²) in [6, 6.07) is 9.54. The van der Waals surface area contributed by atoms with Crippen molar-refractivity contribution < 1.29 is 41.9 Å². The number of hydrogen-bond donors (Lipinski definition) is 4. The molecule has 0 aliphatic carbocycles. The average Bonchev–Trinajstić information content (AvgIpc) is 3.62. The molecule has 0 fully saturated rings. The van der Waals surface area contributed by atoms with Gasteiger partial charge < -0.3 is 24.5 Å². The number of carbonyl (C=O) groups excluding carboxylic acids is 3. The number of amides is 3. The Morgan fingerprint density at radius 2 is 1.74 bits per heavy atom. The number of benzene rings is 3. The summed E-state index contributed by atoms with van der Waals surface area (Å²) in [5.74, 6) is 0.155. The second-order valence-corrected chi connectivity index (χ2v) is 10.3. The molecule has 3 aromatic carbocycles. The van der Waals surface area contributed by atoms with E-state index in [1.165, 1.54) is 11.0 Å². The Labute approximate surface area is 245 Å². The highest BCUT2D eigenvalue weighted by atomic mass is 19.1. The van der Waals surface area contributed by atoms with Crippen molar-refractivity contribution in [1.29, 1.82) is 0 Å². The molecule has 0 unspecified atom stereocenters. The van der Waals surface area contributed by atoms with Crippen LogP contribution in [0.5, 0.6) is 0 Å². The van der Waals surface area contributed by atoms with E-state index in [9.17, 15) is 32.6 Å². The summed E-state index contributed by atoms with van der Waals surface area (Å²) in [5, 5.41) is 12.4. The molecule has 0 radical (unpaired) electrons. The molecular formula is C28H27B2F3N4O6. The standard InChI is InChI=1S/C28H27B2F3N4O6/c31-19-10-23(32)20(24(33)11-19)12-37(28(40)16-3-5-21-17(9-16)13-42-29-21)7-1-2-25(27(39)36-34)35-26(38)15-4-6-22-18(8-15)14-43-30(22)41/h3-6,8-11,25,29,41H,1-2,7,12-14,34H2,(H,35,38)(H,36,39)/t25-/m0/s1. The van der Waals surface area contributed by atoms with Crippen molar-refractivity contribution in [3.63, 3.8) is 0 Å². The molecule has 2 aliphatic heterocycles. The monoisotopic (exact) mass is 594 g/mol. The number of fused-ring (bicyclic) bond motifs is 2. The number of nitrogens with two attached hydrogens (primary N) is 1. The van der Waals surface area contributed by atoms with E-state index in [0.29, 0.717) is 37.2 Å². The van der Waals surface area contributed by atoms with Crippen LogP contribution in [-0.4, -0.2) is 54.8 Å². The minimum absolute atomic E-state index is 0.0116. The van der Waals surface area contributed by atoms with Gasteiger partial charge in [0.15, 0.2) is 0 Å². The van der Waals surface area contributed by atoms with Gasteiger partial charge in [0.25, 0.3) is 17.7 Å². The molecule has 0 saturated heterocycles. The molecule has 5 N–H and O–H groups in total. The Balaban J connectivity index is 1.31. The molecule has 0 spiro atoms. The van der Waals surface area contributed by atoms with E-state index >= 15 is 0 Å². The van der Waals surface area contributed by atoms with Gasteiger partial charge in [0.05, 0.1) is 19.8 Å². The van der Waals surface area contributed by atoms with Crippen LogP contribution in [0.3, 0.4) is 0 Å². The number of hydrogen-bond acceptors (Lipinski definition) is 7. The summed E-state index contributed by atoms with van der Waals surface area (Å²) in [4.78, 5) is 40.2. The van der Waals surface area contributed by atoms with E-state index in [4.69, 9.17) is 15.2 Å². The first-order valence-corrected chi connectivity index (χ1v) is 13.5. The van der Waals surface area contributed by atoms with Crippen molar-refractivity contribution >= 4 is 43.2 Å². The van der Waals surface area contributed by atoms with Gasteiger partial charge in [0, 0.05) is 35.4 Å². The lowest BCUT2D eigenvalue weighted by Crippen LogP contribution is -2.49. The second kappa shape index (κ2) is 13.0. The summed E-state index contributed by atoms with van der Waals surface area (Å²) in [6.07, 6.45) is 0.130. The molecule has 43 heavy (non-hydrogen) atoms. The van der Waals surface area contributed by atoms with E-state index in [1.54, 1.807) is 30.3 Å². The molecule has 0 aromatic heterocycles. The zero-order valence-corrected chi connectivity index (χ0v) is 22.9. The lowest BCUT2D eigenvalue weighted by molar-refractivity contribution is -0.123. The fourth-order valence-electron chi connectivity index (χ4n) is 5.12. The normalized spacial score (nSPS) is 14.0. The number of carbonyl (C=O) groups is 3. The van der Waals surface area contributed by atoms with Crippen molar-refractivity contribution in [3.05, 3.63) is 93.8 Å². The van der Waals surface area contributed by atoms with E-state index in [1.807, 2.05) is 5.43 Å². The molecular weight excluding hydrogens is 567 g/mol. The van der Waals surface area contributed by atoms with Crippen molar-refractivity contribution in [2.24, 2.45) is 5.84 Å². The second-order valence-electron chi connectivity index (χ2n) is 10.3. The maximum atomic E-state index is 14.6. The number of nitrogens with zero attached hydrogens (tertiary/aromatic N) is 1. The summed E-state index contributed by atoms with van der Waals surface area (Å²) in [6.45, 7) is -0.125. The van der Waals surface area contributed by atoms with Crippen LogP contribution in [0.15, 0.2) is 48.5 Å². The lowest BCUT2D eigenvalue weighted by atomic mass is 9.79. The smallest absolute Gasteiger partial charge is 0.430 e. The van der Waals surface area contributed by atoms with Crippen LogP contribution in [0, 0.1) is 17.5 Å². The van der Waals surface area contributed by atoms with Crippen LogP contribution >= 0.6 is 0 Å². The van der Waals surface area contributed by atoms with Crippen LogP contribution in [0.25, 0.3) is 0 Å². The topological polar surface area (TPSA) is 143 Å². The van der Waals surface area contributed by atoms with Gasteiger partial charge in [-0.05, 0) is 59.2 Å². The fraction of sp³-hybridized carbons (Fsp3) is 0.250. The molecule has 222 valence electrons. The third-order valence-electron chi connectivity index (χ3n) is 7.46. The highest BCUT2D eigenvalue weighted by Crippen LogP contribution is 2.20. The third kappa shape index (κ3) is 6.75. The van der Waals surface area contributed by atoms with Crippen molar-refractivity contribution in [1.82, 2.24) is 15.6 Å². The SMILES string of the molecule is NNC(=O)[C@H](CCCN(Cc1c(F)cc(F)cc1F)C(=O)c1ccc2c(c1)COB2)NC(=O)c1ccc2c(c1)COB2O. The molecule has 0 bridgehead atoms. The number of hydrazine groups is 1. The van der Waals surface area contributed by atoms with E-state index < -0.39 is 60.4 Å². The van der Waals surface area contributed by atoms with Gasteiger partial charge in [-0.1, -0.05) is 12.1 Å². The van der Waals surface area contributed by atoms with Gasteiger partial charge in [0.1, 0.15) is 23.5 Å². The Bertz CT molecular complexity index is 1560. The summed E-state index contributed by atoms with van der Waals surface area (Å²) >= 11 is 0. The predicted molar refractivity (Wildman–Crippen MR) is 151 cm³/mol. The third-order valence-corrected chi connectivity index (χ3v) is 7.46. The van der Waals surface area contributed by atoms with Crippen molar-refractivity contribution in [2.75, 3.05) is 6.54 Å². The first-order chi connectivity index (χ1) is 20.6. The Kier molecular flexibility index (Phi) is 9.16. The first-order valence-electron chi connectivity index (χ1n) is 13.5. The van der Waals surface area contributed by atoms with Gasteiger partial charge in [-0.3, -0.25) is 19.8 Å². The average molecular weight is 594 g/mol. The van der Waals surface area contributed by atoms with E-state index in [0.717, 1.165) is 11.0 Å². The minimum atomic E-state index is -1.14. The zero-order chi connectivity index (χ0) is 30.7. The molecule has 3 amide bonds. The van der Waals surface area contributed by atoms with Crippen LogP contribution in [0.4, 0.5) is 13.2 Å². The molecule has 3 aromatic rings. The van der Waals surface area contributed by atoms with Crippen molar-refractivity contribution in [3.8, 4) is 0 Å². The van der Waals surface area contributed by atoms with E-state index in [2.05, 4.69) is 5.32 Å². The highest BCUT2D eigenvalue weighted by molar-refractivity contribution is 6.61. The van der Waals surface area contributed by atoms with Gasteiger partial charge in [-0.25, -0.2) is 19.0 Å². The lowest BCUT2D eigenvalue weighted by Gasteiger charge is -2.25. The highest BCUT2D eigenvalue weighted by Gasteiger charge is 2.29. The van der Waals surface area contributed by atoms with Crippen LogP contribution in [-0.2, 0) is 33.9 Å². The van der Waals surface area contributed by atoms with Crippen LogP contribution in [0.1, 0.15) is 50.2 Å².